The molecule has 0 saturated carbocycles. The van der Waals surface area contributed by atoms with Crippen LogP contribution < -0.4 is 10.6 Å². The van der Waals surface area contributed by atoms with Crippen LogP contribution in [0.3, 0.4) is 0 Å². The third-order valence-corrected chi connectivity index (χ3v) is 4.06. The lowest BCUT2D eigenvalue weighted by Crippen LogP contribution is -2.39. The maximum Gasteiger partial charge on any atom is 0.191 e. The van der Waals surface area contributed by atoms with Crippen LogP contribution in [0.25, 0.3) is 0 Å². The molecule has 1 aromatic rings. The fourth-order valence-electron chi connectivity index (χ4n) is 1.51. The summed E-state index contributed by atoms with van der Waals surface area (Å²) in [5.74, 6) is 0.603. The van der Waals surface area contributed by atoms with Crippen molar-refractivity contribution in [2.45, 2.75) is 13.5 Å². The molecule has 0 spiro atoms. The van der Waals surface area contributed by atoms with Crippen molar-refractivity contribution in [2.75, 3.05) is 25.1 Å². The molecule has 0 aliphatic heterocycles. The fraction of sp³-hybridized carbons (Fsp3) is 0.462. The number of aliphatic imine (C=N–C) groups is 1. The molecule has 8 heteroatoms. The van der Waals surface area contributed by atoms with Crippen molar-refractivity contribution < 1.29 is 8.42 Å². The van der Waals surface area contributed by atoms with Crippen LogP contribution in [0.15, 0.2) is 23.2 Å². The van der Waals surface area contributed by atoms with E-state index in [1.807, 2.05) is 13.0 Å². The summed E-state index contributed by atoms with van der Waals surface area (Å²) in [6, 6.07) is 5.23. The van der Waals surface area contributed by atoms with Crippen molar-refractivity contribution >= 4 is 39.0 Å². The number of hydrogen-bond acceptors (Lipinski definition) is 3. The standard InChI is InChI=1S/C13H19Cl2N3O2S/c1-3-16-13(17-6-7-21(2,19)20)18-9-10-4-5-11(14)8-12(10)15/h4-5,8H,3,6-7,9H2,1-2H3,(H2,16,17,18). The second-order valence-corrected chi connectivity index (χ2v) is 7.59. The number of sulfone groups is 1. The van der Waals surface area contributed by atoms with E-state index in [9.17, 15) is 8.42 Å². The lowest BCUT2D eigenvalue weighted by Gasteiger charge is -2.11. The van der Waals surface area contributed by atoms with Gasteiger partial charge in [0.2, 0.25) is 0 Å². The number of rotatable bonds is 6. The van der Waals surface area contributed by atoms with Crippen molar-refractivity contribution in [3.8, 4) is 0 Å². The van der Waals surface area contributed by atoms with Gasteiger partial charge in [0.15, 0.2) is 5.96 Å². The van der Waals surface area contributed by atoms with Gasteiger partial charge in [-0.1, -0.05) is 29.3 Å². The van der Waals surface area contributed by atoms with Gasteiger partial charge in [0, 0.05) is 29.4 Å². The van der Waals surface area contributed by atoms with Crippen LogP contribution in [0.2, 0.25) is 10.0 Å². The molecule has 0 heterocycles. The minimum absolute atomic E-state index is 0.0547. The lowest BCUT2D eigenvalue weighted by molar-refractivity contribution is 0.600. The van der Waals surface area contributed by atoms with Crippen LogP contribution in [0.1, 0.15) is 12.5 Å². The highest BCUT2D eigenvalue weighted by Crippen LogP contribution is 2.21. The third-order valence-electron chi connectivity index (χ3n) is 2.53. The summed E-state index contributed by atoms with van der Waals surface area (Å²) in [7, 11) is -2.99. The molecule has 5 nitrogen and oxygen atoms in total. The van der Waals surface area contributed by atoms with Gasteiger partial charge in [-0.3, -0.25) is 0 Å². The lowest BCUT2D eigenvalue weighted by atomic mass is 10.2. The molecule has 0 aliphatic carbocycles. The molecule has 0 aliphatic rings. The normalized spacial score (nSPS) is 12.3. The van der Waals surface area contributed by atoms with Crippen molar-refractivity contribution in [3.05, 3.63) is 33.8 Å². The first-order valence-corrected chi connectivity index (χ1v) is 9.27. The summed E-state index contributed by atoms with van der Waals surface area (Å²) in [5.41, 5.74) is 0.849. The number of halogens is 2. The molecule has 0 radical (unpaired) electrons. The number of benzene rings is 1. The highest BCUT2D eigenvalue weighted by atomic mass is 35.5. The van der Waals surface area contributed by atoms with Gasteiger partial charge in [-0.15, -0.1) is 0 Å². The quantitative estimate of drug-likeness (QED) is 0.608. The van der Waals surface area contributed by atoms with E-state index >= 15 is 0 Å². The number of guanidine groups is 1. The molecule has 0 aromatic heterocycles. The van der Waals surface area contributed by atoms with E-state index in [0.717, 1.165) is 5.56 Å². The summed E-state index contributed by atoms with van der Waals surface area (Å²) < 4.78 is 22.2. The Hall–Kier alpha value is -0.980. The number of nitrogens with one attached hydrogen (secondary N) is 2. The number of hydrogen-bond donors (Lipinski definition) is 2. The van der Waals surface area contributed by atoms with E-state index < -0.39 is 9.84 Å². The Labute approximate surface area is 135 Å². The molecule has 0 saturated heterocycles. The Bertz CT molecular complexity index is 603. The van der Waals surface area contributed by atoms with Crippen LogP contribution in [0.4, 0.5) is 0 Å². The average molecular weight is 352 g/mol. The van der Waals surface area contributed by atoms with Crippen LogP contribution in [-0.2, 0) is 16.4 Å². The Kier molecular flexibility index (Phi) is 7.28. The van der Waals surface area contributed by atoms with Gasteiger partial charge in [0.1, 0.15) is 9.84 Å². The third kappa shape index (κ3) is 7.55. The van der Waals surface area contributed by atoms with Gasteiger partial charge < -0.3 is 10.6 Å². The van der Waals surface area contributed by atoms with E-state index in [4.69, 9.17) is 23.2 Å². The maximum absolute atomic E-state index is 11.1. The smallest absolute Gasteiger partial charge is 0.191 e. The molecule has 0 amide bonds. The second-order valence-electron chi connectivity index (χ2n) is 4.49. The first-order valence-electron chi connectivity index (χ1n) is 6.45. The van der Waals surface area contributed by atoms with Crippen LogP contribution in [-0.4, -0.2) is 39.5 Å². The molecule has 0 atom stereocenters. The van der Waals surface area contributed by atoms with Crippen molar-refractivity contribution in [1.82, 2.24) is 10.6 Å². The summed E-state index contributed by atoms with van der Waals surface area (Å²) in [6.45, 7) is 3.30. The van der Waals surface area contributed by atoms with E-state index in [2.05, 4.69) is 15.6 Å². The summed E-state index contributed by atoms with van der Waals surface area (Å²) in [5, 5.41) is 7.14. The van der Waals surface area contributed by atoms with Crippen LogP contribution in [0, 0.1) is 0 Å². The van der Waals surface area contributed by atoms with E-state index in [-0.39, 0.29) is 5.75 Å². The highest BCUT2D eigenvalue weighted by Gasteiger charge is 2.04. The predicted molar refractivity (Wildman–Crippen MR) is 89.0 cm³/mol. The Balaban J connectivity index is 2.66. The summed E-state index contributed by atoms with van der Waals surface area (Å²) in [6.07, 6.45) is 1.20. The highest BCUT2D eigenvalue weighted by molar-refractivity contribution is 7.90. The van der Waals surface area contributed by atoms with Crippen molar-refractivity contribution in [3.63, 3.8) is 0 Å². The van der Waals surface area contributed by atoms with Crippen molar-refractivity contribution in [1.29, 1.82) is 0 Å². The Morgan fingerprint density at radius 2 is 2.00 bits per heavy atom. The Morgan fingerprint density at radius 1 is 1.29 bits per heavy atom. The van der Waals surface area contributed by atoms with E-state index in [1.165, 1.54) is 6.26 Å². The van der Waals surface area contributed by atoms with Gasteiger partial charge in [-0.2, -0.15) is 0 Å². The molecule has 2 N–H and O–H groups in total. The molecule has 1 rings (SSSR count). The topological polar surface area (TPSA) is 70.6 Å². The molecular weight excluding hydrogens is 333 g/mol. The predicted octanol–water partition coefficient (Wildman–Crippen LogP) is 2.09. The molecule has 0 bridgehead atoms. The fourth-order valence-corrected chi connectivity index (χ4v) is 2.45. The van der Waals surface area contributed by atoms with Crippen LogP contribution >= 0.6 is 23.2 Å². The molecule has 21 heavy (non-hydrogen) atoms. The minimum Gasteiger partial charge on any atom is -0.357 e. The minimum atomic E-state index is -2.99. The Morgan fingerprint density at radius 3 is 2.57 bits per heavy atom. The zero-order valence-corrected chi connectivity index (χ0v) is 14.3. The van der Waals surface area contributed by atoms with Gasteiger partial charge in [0.25, 0.3) is 0 Å². The first kappa shape index (κ1) is 18.1. The monoisotopic (exact) mass is 351 g/mol. The van der Waals surface area contributed by atoms with Crippen molar-refractivity contribution in [2.24, 2.45) is 4.99 Å². The molecule has 1 aromatic carbocycles. The molecule has 0 fully saturated rings. The second kappa shape index (κ2) is 8.46. The largest absolute Gasteiger partial charge is 0.357 e. The number of nitrogens with zero attached hydrogens (tertiary/aromatic N) is 1. The first-order chi connectivity index (χ1) is 9.81. The van der Waals surface area contributed by atoms with Gasteiger partial charge in [0.05, 0.1) is 12.3 Å². The van der Waals surface area contributed by atoms with Gasteiger partial charge in [-0.25, -0.2) is 13.4 Å². The average Bonchev–Trinajstić information content (AvgIpc) is 2.36. The molecule has 0 unspecified atom stereocenters. The molecular formula is C13H19Cl2N3O2S. The van der Waals surface area contributed by atoms with E-state index in [1.54, 1.807) is 12.1 Å². The van der Waals surface area contributed by atoms with E-state index in [0.29, 0.717) is 35.6 Å². The van der Waals surface area contributed by atoms with Gasteiger partial charge >= 0.3 is 0 Å². The SMILES string of the molecule is CCNC(=NCc1ccc(Cl)cc1Cl)NCCS(C)(=O)=O. The molecule has 118 valence electrons. The van der Waals surface area contributed by atoms with Gasteiger partial charge in [-0.05, 0) is 24.6 Å². The zero-order chi connectivity index (χ0) is 15.9. The maximum atomic E-state index is 11.1. The van der Waals surface area contributed by atoms with Crippen LogP contribution in [0.5, 0.6) is 0 Å². The summed E-state index contributed by atoms with van der Waals surface area (Å²) >= 11 is 11.9. The zero-order valence-electron chi connectivity index (χ0n) is 12.0. The summed E-state index contributed by atoms with van der Waals surface area (Å²) in [4.78, 5) is 4.37.